The molecule has 1 unspecified atom stereocenters. The molecule has 0 aliphatic carbocycles. The third-order valence-corrected chi connectivity index (χ3v) is 3.44. The summed E-state index contributed by atoms with van der Waals surface area (Å²) < 4.78 is 5.24. The first-order valence-electron chi connectivity index (χ1n) is 6.36. The van der Waals surface area contributed by atoms with E-state index in [1.165, 1.54) is 12.0 Å². The third-order valence-electron chi connectivity index (χ3n) is 3.44. The second kappa shape index (κ2) is 6.06. The van der Waals surface area contributed by atoms with Gasteiger partial charge in [0.05, 0.1) is 7.11 Å². The second-order valence-corrected chi connectivity index (χ2v) is 5.40. The van der Waals surface area contributed by atoms with Gasteiger partial charge in [0.25, 0.3) is 0 Å². The predicted octanol–water partition coefficient (Wildman–Crippen LogP) is 3.78. The molecule has 1 rings (SSSR count). The van der Waals surface area contributed by atoms with E-state index >= 15 is 0 Å². The van der Waals surface area contributed by atoms with Gasteiger partial charge in [0, 0.05) is 12.6 Å². The molecule has 0 bridgehead atoms. The Morgan fingerprint density at radius 2 is 2.06 bits per heavy atom. The van der Waals surface area contributed by atoms with Gasteiger partial charge in [0.15, 0.2) is 0 Å². The number of rotatable bonds is 6. The lowest BCUT2D eigenvalue weighted by atomic mass is 9.90. The van der Waals surface area contributed by atoms with Crippen LogP contribution in [0.1, 0.15) is 45.7 Å². The first-order chi connectivity index (χ1) is 7.98. The molecule has 2 heteroatoms. The Kier molecular flexibility index (Phi) is 5.01. The molecule has 0 aliphatic heterocycles. The van der Waals surface area contributed by atoms with Gasteiger partial charge < -0.3 is 10.1 Å². The maximum absolute atomic E-state index is 5.24. The Bertz CT molecular complexity index is 347. The first kappa shape index (κ1) is 14.0. The Hall–Kier alpha value is -1.02. The Morgan fingerprint density at radius 3 is 2.65 bits per heavy atom. The highest BCUT2D eigenvalue weighted by Gasteiger charge is 2.16. The second-order valence-electron chi connectivity index (χ2n) is 5.40. The van der Waals surface area contributed by atoms with E-state index in [0.717, 1.165) is 12.3 Å². The number of methoxy groups -OCH3 is 1. The summed E-state index contributed by atoms with van der Waals surface area (Å²) in [6.07, 6.45) is 1.19. The van der Waals surface area contributed by atoms with Crippen molar-refractivity contribution in [3.8, 4) is 5.75 Å². The van der Waals surface area contributed by atoms with Gasteiger partial charge in [0.1, 0.15) is 5.75 Å². The molecule has 17 heavy (non-hydrogen) atoms. The summed E-state index contributed by atoms with van der Waals surface area (Å²) in [6, 6.07) is 8.61. The van der Waals surface area contributed by atoms with Crippen LogP contribution < -0.4 is 10.1 Å². The molecular formula is C15H25NO. The highest BCUT2D eigenvalue weighted by Crippen LogP contribution is 2.22. The van der Waals surface area contributed by atoms with Crippen molar-refractivity contribution in [2.45, 2.75) is 40.2 Å². The molecule has 0 heterocycles. The minimum Gasteiger partial charge on any atom is -0.497 e. The van der Waals surface area contributed by atoms with Gasteiger partial charge in [-0.2, -0.15) is 0 Å². The number of benzene rings is 1. The van der Waals surface area contributed by atoms with E-state index in [4.69, 9.17) is 4.74 Å². The smallest absolute Gasteiger partial charge is 0.119 e. The minimum atomic E-state index is 0.354. The summed E-state index contributed by atoms with van der Waals surface area (Å²) in [4.78, 5) is 0. The van der Waals surface area contributed by atoms with Crippen molar-refractivity contribution in [3.63, 3.8) is 0 Å². The van der Waals surface area contributed by atoms with Crippen LogP contribution in [0.2, 0.25) is 0 Å². The van der Waals surface area contributed by atoms with Crippen molar-refractivity contribution in [2.24, 2.45) is 5.41 Å². The van der Waals surface area contributed by atoms with Gasteiger partial charge >= 0.3 is 0 Å². The summed E-state index contributed by atoms with van der Waals surface area (Å²) in [5.74, 6) is 0.922. The van der Waals surface area contributed by atoms with Crippen LogP contribution >= 0.6 is 0 Å². The van der Waals surface area contributed by atoms with E-state index in [2.05, 4.69) is 45.1 Å². The molecule has 0 spiro atoms. The lowest BCUT2D eigenvalue weighted by Gasteiger charge is -2.26. The van der Waals surface area contributed by atoms with Crippen molar-refractivity contribution in [1.29, 1.82) is 0 Å². The Labute approximate surface area is 105 Å². The predicted molar refractivity (Wildman–Crippen MR) is 73.5 cm³/mol. The van der Waals surface area contributed by atoms with Crippen LogP contribution in [0.15, 0.2) is 24.3 Å². The topological polar surface area (TPSA) is 21.3 Å². The molecular weight excluding hydrogens is 210 g/mol. The van der Waals surface area contributed by atoms with Gasteiger partial charge in [-0.3, -0.25) is 0 Å². The summed E-state index contributed by atoms with van der Waals surface area (Å²) in [5.41, 5.74) is 1.63. The lowest BCUT2D eigenvalue weighted by molar-refractivity contribution is 0.313. The molecule has 0 saturated carbocycles. The molecule has 1 aromatic rings. The molecule has 0 radical (unpaired) electrons. The van der Waals surface area contributed by atoms with E-state index in [1.807, 2.05) is 12.1 Å². The average molecular weight is 235 g/mol. The van der Waals surface area contributed by atoms with Crippen molar-refractivity contribution < 1.29 is 4.74 Å². The number of ether oxygens (including phenoxy) is 1. The van der Waals surface area contributed by atoms with E-state index in [0.29, 0.717) is 11.5 Å². The highest BCUT2D eigenvalue weighted by molar-refractivity contribution is 5.30. The van der Waals surface area contributed by atoms with Crippen LogP contribution in [0.5, 0.6) is 5.75 Å². The van der Waals surface area contributed by atoms with Gasteiger partial charge in [0.2, 0.25) is 0 Å². The molecule has 2 nitrogen and oxygen atoms in total. The average Bonchev–Trinajstić information content (AvgIpc) is 2.36. The summed E-state index contributed by atoms with van der Waals surface area (Å²) in [7, 11) is 1.71. The minimum absolute atomic E-state index is 0.354. The molecule has 1 atom stereocenters. The highest BCUT2D eigenvalue weighted by atomic mass is 16.5. The summed E-state index contributed by atoms with van der Waals surface area (Å²) in [6.45, 7) is 10.0. The van der Waals surface area contributed by atoms with Crippen molar-refractivity contribution in [2.75, 3.05) is 13.7 Å². The quantitative estimate of drug-likeness (QED) is 0.810. The normalized spacial score (nSPS) is 13.5. The summed E-state index contributed by atoms with van der Waals surface area (Å²) >= 11 is 0. The molecule has 0 aromatic heterocycles. The van der Waals surface area contributed by atoms with E-state index in [9.17, 15) is 0 Å². The zero-order valence-corrected chi connectivity index (χ0v) is 11.7. The molecule has 1 aromatic carbocycles. The van der Waals surface area contributed by atoms with Crippen molar-refractivity contribution in [3.05, 3.63) is 29.8 Å². The maximum Gasteiger partial charge on any atom is 0.119 e. The van der Waals surface area contributed by atoms with Gasteiger partial charge in [-0.1, -0.05) is 32.9 Å². The Morgan fingerprint density at radius 1 is 1.35 bits per heavy atom. The fourth-order valence-electron chi connectivity index (χ4n) is 1.58. The van der Waals surface area contributed by atoms with Crippen molar-refractivity contribution >= 4 is 0 Å². The molecule has 0 aliphatic rings. The lowest BCUT2D eigenvalue weighted by Crippen LogP contribution is -2.30. The van der Waals surface area contributed by atoms with Gasteiger partial charge in [-0.05, 0) is 36.5 Å². The van der Waals surface area contributed by atoms with Crippen LogP contribution in [0.4, 0.5) is 0 Å². The van der Waals surface area contributed by atoms with Gasteiger partial charge in [-0.25, -0.2) is 0 Å². The van der Waals surface area contributed by atoms with Crippen LogP contribution in [0, 0.1) is 5.41 Å². The van der Waals surface area contributed by atoms with Crippen LogP contribution in [0.3, 0.4) is 0 Å². The fourth-order valence-corrected chi connectivity index (χ4v) is 1.58. The number of hydrogen-bond donors (Lipinski definition) is 1. The van der Waals surface area contributed by atoms with E-state index < -0.39 is 0 Å². The fraction of sp³-hybridized carbons (Fsp3) is 0.600. The summed E-state index contributed by atoms with van der Waals surface area (Å²) in [5, 5.41) is 3.59. The zero-order valence-electron chi connectivity index (χ0n) is 11.7. The third kappa shape index (κ3) is 4.39. The molecule has 1 N–H and O–H groups in total. The van der Waals surface area contributed by atoms with Gasteiger partial charge in [-0.15, -0.1) is 0 Å². The largest absolute Gasteiger partial charge is 0.497 e. The SMILES string of the molecule is CCC(C)(C)CNC(C)c1cccc(OC)c1. The van der Waals surface area contributed by atoms with Crippen molar-refractivity contribution in [1.82, 2.24) is 5.32 Å². The number of nitrogens with one attached hydrogen (secondary N) is 1. The van der Waals surface area contributed by atoms with E-state index in [1.54, 1.807) is 7.11 Å². The standard InChI is InChI=1S/C15H25NO/c1-6-15(3,4)11-16-12(2)13-8-7-9-14(10-13)17-5/h7-10,12,16H,6,11H2,1-5H3. The van der Waals surface area contributed by atoms with E-state index in [-0.39, 0.29) is 0 Å². The Balaban J connectivity index is 2.60. The molecule has 0 saturated heterocycles. The zero-order chi connectivity index (χ0) is 12.9. The van der Waals surface area contributed by atoms with Crippen LogP contribution in [0.25, 0.3) is 0 Å². The monoisotopic (exact) mass is 235 g/mol. The number of hydrogen-bond acceptors (Lipinski definition) is 2. The van der Waals surface area contributed by atoms with Crippen LogP contribution in [-0.2, 0) is 0 Å². The molecule has 96 valence electrons. The maximum atomic E-state index is 5.24. The molecule has 0 amide bonds. The molecule has 0 fully saturated rings. The van der Waals surface area contributed by atoms with Crippen LogP contribution in [-0.4, -0.2) is 13.7 Å². The first-order valence-corrected chi connectivity index (χ1v) is 6.36.